The molecule has 0 spiro atoms. The Morgan fingerprint density at radius 3 is 1.96 bits per heavy atom. The molecule has 0 aliphatic heterocycles. The first kappa shape index (κ1) is 25.5. The van der Waals surface area contributed by atoms with Gasteiger partial charge in [-0.05, 0) is 55.8 Å². The Morgan fingerprint density at radius 1 is 1.00 bits per heavy atom. The molecular formula is C21H37NO5. The Balaban J connectivity index is 0.00000326. The predicted octanol–water partition coefficient (Wildman–Crippen LogP) is 2.66. The smallest absolute Gasteiger partial charge is 0.305 e. The summed E-state index contributed by atoms with van der Waals surface area (Å²) in [7, 11) is 2.89. The Hall–Kier alpha value is -1.47. The number of ether oxygens (including phenoxy) is 2. The number of aliphatic hydroxyl groups is 2. The highest BCUT2D eigenvalue weighted by atomic mass is 16.5. The van der Waals surface area contributed by atoms with Crippen LogP contribution < -0.4 is 5.73 Å². The van der Waals surface area contributed by atoms with Gasteiger partial charge in [-0.3, -0.25) is 4.79 Å². The zero-order valence-corrected chi connectivity index (χ0v) is 17.7. The summed E-state index contributed by atoms with van der Waals surface area (Å²) < 4.78 is 10.7. The van der Waals surface area contributed by atoms with Crippen molar-refractivity contribution < 1.29 is 24.5 Å². The molecule has 1 aromatic carbocycles. The van der Waals surface area contributed by atoms with Crippen LogP contribution in [-0.2, 0) is 32.9 Å². The number of nitrogens with two attached hydrogens (primary N) is 1. The molecule has 0 aliphatic rings. The summed E-state index contributed by atoms with van der Waals surface area (Å²) in [6.45, 7) is 8.64. The van der Waals surface area contributed by atoms with Crippen molar-refractivity contribution in [1.29, 1.82) is 0 Å². The van der Waals surface area contributed by atoms with Gasteiger partial charge in [-0.15, -0.1) is 0 Å². The molecule has 6 nitrogen and oxygen atoms in total. The zero-order valence-electron chi connectivity index (χ0n) is 17.7. The van der Waals surface area contributed by atoms with Gasteiger partial charge in [0.05, 0.1) is 25.9 Å². The molecule has 0 atom stereocenters. The van der Waals surface area contributed by atoms with Crippen LogP contribution in [0.25, 0.3) is 0 Å². The van der Waals surface area contributed by atoms with Crippen LogP contribution in [0.1, 0.15) is 63.6 Å². The largest absolute Gasteiger partial charge is 0.469 e. The standard InChI is InChI=1S/C20H32O5.CH5N/c1-19(2,17-11-15(13-21)10-16(12-17)14-22)8-9-25-20(3,4)7-6-18(23)24-5;1-2/h10-12,21-22H,6-9,13-14H2,1-5H3;2H2,1H3. The average molecular weight is 384 g/mol. The Morgan fingerprint density at radius 2 is 1.52 bits per heavy atom. The molecule has 0 saturated carbocycles. The number of hydrogen-bond acceptors (Lipinski definition) is 6. The summed E-state index contributed by atoms with van der Waals surface area (Å²) in [5.74, 6) is -0.227. The van der Waals surface area contributed by atoms with Crippen LogP contribution in [0.2, 0.25) is 0 Å². The number of methoxy groups -OCH3 is 1. The van der Waals surface area contributed by atoms with Crippen molar-refractivity contribution in [2.24, 2.45) is 5.73 Å². The fourth-order valence-electron chi connectivity index (χ4n) is 2.64. The van der Waals surface area contributed by atoms with Crippen molar-refractivity contribution in [3.8, 4) is 0 Å². The molecule has 0 unspecified atom stereocenters. The predicted molar refractivity (Wildman–Crippen MR) is 107 cm³/mol. The number of esters is 1. The third kappa shape index (κ3) is 9.33. The minimum atomic E-state index is -0.395. The van der Waals surface area contributed by atoms with E-state index >= 15 is 0 Å². The third-order valence-electron chi connectivity index (χ3n) is 4.58. The fourth-order valence-corrected chi connectivity index (χ4v) is 2.64. The highest BCUT2D eigenvalue weighted by Gasteiger charge is 2.25. The van der Waals surface area contributed by atoms with Gasteiger partial charge >= 0.3 is 5.97 Å². The van der Waals surface area contributed by atoms with Crippen molar-refractivity contribution in [3.05, 3.63) is 34.9 Å². The highest BCUT2D eigenvalue weighted by molar-refractivity contribution is 5.69. The van der Waals surface area contributed by atoms with E-state index in [9.17, 15) is 15.0 Å². The molecule has 6 heteroatoms. The second-order valence-corrected chi connectivity index (χ2v) is 7.67. The molecule has 0 radical (unpaired) electrons. The molecule has 156 valence electrons. The SMILES string of the molecule is CN.COC(=O)CCC(C)(C)OCCC(C)(C)c1cc(CO)cc(CO)c1. The maximum absolute atomic E-state index is 11.3. The van der Waals surface area contributed by atoms with E-state index in [1.807, 2.05) is 32.0 Å². The normalized spacial score (nSPS) is 11.6. The molecule has 1 rings (SSSR count). The lowest BCUT2D eigenvalue weighted by Crippen LogP contribution is -2.29. The Bertz CT molecular complexity index is 547. The van der Waals surface area contributed by atoms with Gasteiger partial charge in [0.15, 0.2) is 0 Å². The lowest BCUT2D eigenvalue weighted by molar-refractivity contribution is -0.142. The molecule has 0 bridgehead atoms. The second-order valence-electron chi connectivity index (χ2n) is 7.67. The summed E-state index contributed by atoms with van der Waals surface area (Å²) in [6, 6.07) is 5.76. The van der Waals surface area contributed by atoms with E-state index in [0.29, 0.717) is 19.4 Å². The van der Waals surface area contributed by atoms with Crippen molar-refractivity contribution >= 4 is 5.97 Å². The maximum Gasteiger partial charge on any atom is 0.305 e. The summed E-state index contributed by atoms with van der Waals surface area (Å²) in [4.78, 5) is 11.3. The molecule has 0 heterocycles. The van der Waals surface area contributed by atoms with E-state index in [4.69, 9.17) is 4.74 Å². The van der Waals surface area contributed by atoms with E-state index in [2.05, 4.69) is 24.3 Å². The van der Waals surface area contributed by atoms with Crippen LogP contribution in [0.4, 0.5) is 0 Å². The van der Waals surface area contributed by atoms with E-state index in [1.165, 1.54) is 14.2 Å². The number of carbonyl (C=O) groups is 1. The number of hydrogen-bond donors (Lipinski definition) is 3. The molecule has 27 heavy (non-hydrogen) atoms. The van der Waals surface area contributed by atoms with E-state index in [1.54, 1.807) is 0 Å². The van der Waals surface area contributed by atoms with Gasteiger partial charge in [-0.25, -0.2) is 0 Å². The lowest BCUT2D eigenvalue weighted by atomic mass is 9.80. The molecule has 0 saturated heterocycles. The summed E-state index contributed by atoms with van der Waals surface area (Å²) in [6.07, 6.45) is 1.73. The molecule has 4 N–H and O–H groups in total. The minimum Gasteiger partial charge on any atom is -0.469 e. The Labute approximate surface area is 163 Å². The monoisotopic (exact) mass is 383 g/mol. The van der Waals surface area contributed by atoms with Gasteiger partial charge in [-0.2, -0.15) is 0 Å². The van der Waals surface area contributed by atoms with Gasteiger partial charge < -0.3 is 25.4 Å². The first-order chi connectivity index (χ1) is 12.6. The van der Waals surface area contributed by atoms with Gasteiger partial charge in [0.25, 0.3) is 0 Å². The summed E-state index contributed by atoms with van der Waals surface area (Å²) >= 11 is 0. The number of benzene rings is 1. The zero-order chi connectivity index (χ0) is 21.1. The van der Waals surface area contributed by atoms with E-state index in [-0.39, 0.29) is 24.6 Å². The molecule has 0 aromatic heterocycles. The van der Waals surface area contributed by atoms with Crippen LogP contribution in [-0.4, -0.2) is 42.5 Å². The van der Waals surface area contributed by atoms with Crippen LogP contribution in [0.15, 0.2) is 18.2 Å². The van der Waals surface area contributed by atoms with Gasteiger partial charge in [-0.1, -0.05) is 32.0 Å². The molecule has 1 aromatic rings. The first-order valence-corrected chi connectivity index (χ1v) is 9.27. The molecule has 0 aliphatic carbocycles. The van der Waals surface area contributed by atoms with Crippen molar-refractivity contribution in [2.75, 3.05) is 20.8 Å². The van der Waals surface area contributed by atoms with Crippen molar-refractivity contribution in [1.82, 2.24) is 0 Å². The van der Waals surface area contributed by atoms with Crippen LogP contribution in [0, 0.1) is 0 Å². The van der Waals surface area contributed by atoms with Crippen LogP contribution in [0.3, 0.4) is 0 Å². The Kier molecular flexibility index (Phi) is 11.4. The summed E-state index contributed by atoms with van der Waals surface area (Å²) in [5.41, 5.74) is 6.61. The second kappa shape index (κ2) is 12.1. The number of rotatable bonds is 10. The fraction of sp³-hybridized carbons (Fsp3) is 0.667. The molecular weight excluding hydrogens is 346 g/mol. The average Bonchev–Trinajstić information content (AvgIpc) is 2.66. The minimum absolute atomic E-state index is 0.0476. The number of aliphatic hydroxyl groups excluding tert-OH is 2. The van der Waals surface area contributed by atoms with E-state index < -0.39 is 5.60 Å². The lowest BCUT2D eigenvalue weighted by Gasteiger charge is -2.30. The first-order valence-electron chi connectivity index (χ1n) is 9.27. The van der Waals surface area contributed by atoms with Crippen LogP contribution >= 0.6 is 0 Å². The summed E-state index contributed by atoms with van der Waals surface area (Å²) in [5, 5.41) is 18.8. The highest BCUT2D eigenvalue weighted by Crippen LogP contribution is 2.30. The maximum atomic E-state index is 11.3. The topological polar surface area (TPSA) is 102 Å². The number of carbonyl (C=O) groups excluding carboxylic acids is 1. The van der Waals surface area contributed by atoms with Crippen molar-refractivity contribution in [3.63, 3.8) is 0 Å². The third-order valence-corrected chi connectivity index (χ3v) is 4.58. The van der Waals surface area contributed by atoms with E-state index in [0.717, 1.165) is 23.1 Å². The molecule has 0 amide bonds. The molecule has 0 fully saturated rings. The van der Waals surface area contributed by atoms with Crippen LogP contribution in [0.5, 0.6) is 0 Å². The van der Waals surface area contributed by atoms with Gasteiger partial charge in [0.2, 0.25) is 0 Å². The van der Waals surface area contributed by atoms with Gasteiger partial charge in [0.1, 0.15) is 0 Å². The van der Waals surface area contributed by atoms with Crippen molar-refractivity contribution in [2.45, 2.75) is 71.2 Å². The quantitative estimate of drug-likeness (QED) is 0.537. The van der Waals surface area contributed by atoms with Gasteiger partial charge in [0, 0.05) is 13.0 Å².